The number of H-pyrrole nitrogens is 1. The molecule has 0 bridgehead atoms. The smallest absolute Gasteiger partial charge is 0.280 e. The first kappa shape index (κ1) is 22.5. The number of hydrogen-bond donors (Lipinski definition) is 1. The molecule has 170 valence electrons. The van der Waals surface area contributed by atoms with Gasteiger partial charge in [-0.15, -0.1) is 0 Å². The van der Waals surface area contributed by atoms with Crippen LogP contribution in [0.1, 0.15) is 48.7 Å². The van der Waals surface area contributed by atoms with Crippen molar-refractivity contribution in [1.29, 1.82) is 5.26 Å². The van der Waals surface area contributed by atoms with Gasteiger partial charge in [0.2, 0.25) is 0 Å². The Hall–Kier alpha value is -3.66. The molecule has 1 aliphatic rings. The molecule has 1 aromatic carbocycles. The number of carbonyl (C=O) groups excluding carboxylic acids is 1. The van der Waals surface area contributed by atoms with E-state index in [0.29, 0.717) is 40.3 Å². The molecule has 2 atom stereocenters. The molecular weight excluding hydrogens is 414 g/mol. The Bertz CT molecular complexity index is 1260. The van der Waals surface area contributed by atoms with Gasteiger partial charge in [-0.05, 0) is 66.5 Å². The molecule has 0 aliphatic carbocycles. The van der Waals surface area contributed by atoms with E-state index in [1.165, 1.54) is 10.9 Å². The third-order valence-electron chi connectivity index (χ3n) is 6.76. The number of pyridine rings is 1. The van der Waals surface area contributed by atoms with E-state index in [9.17, 15) is 9.59 Å². The Morgan fingerprint density at radius 1 is 1.24 bits per heavy atom. The maximum atomic E-state index is 13.0. The first-order chi connectivity index (χ1) is 15.8. The van der Waals surface area contributed by atoms with Gasteiger partial charge in [-0.1, -0.05) is 26.8 Å². The number of benzene rings is 1. The third kappa shape index (κ3) is 4.34. The molecule has 1 N–H and O–H groups in total. The Balaban J connectivity index is 1.53. The summed E-state index contributed by atoms with van der Waals surface area (Å²) < 4.78 is 1.36. The van der Waals surface area contributed by atoms with Crippen LogP contribution in [-0.4, -0.2) is 38.7 Å². The summed E-state index contributed by atoms with van der Waals surface area (Å²) in [7, 11) is 0. The van der Waals surface area contributed by atoms with Crippen LogP contribution in [0.3, 0.4) is 0 Å². The van der Waals surface area contributed by atoms with Crippen LogP contribution >= 0.6 is 0 Å². The molecule has 3 aromatic rings. The number of nitrogens with zero attached hydrogens (tertiary/aromatic N) is 4. The van der Waals surface area contributed by atoms with Crippen molar-refractivity contribution in [2.75, 3.05) is 13.1 Å². The van der Waals surface area contributed by atoms with Gasteiger partial charge in [-0.2, -0.15) is 5.26 Å². The number of hydrogen-bond acceptors (Lipinski definition) is 4. The lowest BCUT2D eigenvalue weighted by Gasteiger charge is -2.39. The lowest BCUT2D eigenvalue weighted by atomic mass is 9.79. The second kappa shape index (κ2) is 9.07. The van der Waals surface area contributed by atoms with Gasteiger partial charge in [0.25, 0.3) is 11.5 Å². The van der Waals surface area contributed by atoms with Gasteiger partial charge in [-0.3, -0.25) is 14.7 Å². The monoisotopic (exact) mass is 443 g/mol. The molecule has 1 fully saturated rings. The highest BCUT2D eigenvalue weighted by atomic mass is 16.2. The Kier molecular flexibility index (Phi) is 6.19. The van der Waals surface area contributed by atoms with Crippen LogP contribution in [0.5, 0.6) is 0 Å². The second-order valence-electron chi connectivity index (χ2n) is 9.30. The van der Waals surface area contributed by atoms with E-state index in [1.54, 1.807) is 36.5 Å². The Morgan fingerprint density at radius 3 is 2.64 bits per heavy atom. The summed E-state index contributed by atoms with van der Waals surface area (Å²) in [6.45, 7) is 10.1. The van der Waals surface area contributed by atoms with E-state index in [4.69, 9.17) is 5.26 Å². The van der Waals surface area contributed by atoms with Gasteiger partial charge in [0.15, 0.2) is 5.82 Å². The van der Waals surface area contributed by atoms with Gasteiger partial charge >= 0.3 is 0 Å². The average molecular weight is 444 g/mol. The number of rotatable bonds is 4. The molecule has 0 radical (unpaired) electrons. The largest absolute Gasteiger partial charge is 0.338 e. The topological polar surface area (TPSA) is 94.8 Å². The number of nitrogens with one attached hydrogen (secondary N) is 1. The van der Waals surface area contributed by atoms with Crippen LogP contribution in [0.25, 0.3) is 16.9 Å². The van der Waals surface area contributed by atoms with Crippen LogP contribution in [0, 0.1) is 36.0 Å². The van der Waals surface area contributed by atoms with Crippen molar-refractivity contribution in [3.63, 3.8) is 0 Å². The van der Waals surface area contributed by atoms with Crippen LogP contribution in [-0.2, 0) is 0 Å². The summed E-state index contributed by atoms with van der Waals surface area (Å²) in [6, 6.07) is 10.8. The highest BCUT2D eigenvalue weighted by molar-refractivity contribution is 5.94. The zero-order valence-corrected chi connectivity index (χ0v) is 19.5. The Morgan fingerprint density at radius 2 is 2.03 bits per heavy atom. The molecule has 3 heterocycles. The normalized spacial score (nSPS) is 18.4. The van der Waals surface area contributed by atoms with Crippen molar-refractivity contribution in [2.45, 2.75) is 34.1 Å². The van der Waals surface area contributed by atoms with Crippen molar-refractivity contribution in [3.05, 3.63) is 69.8 Å². The SMILES string of the molecule is Cc1cc(C#N)ccc1-c1c[nH]n(-c2ccc(C(=O)N3CCC(C(C)C)[C@H](C)C3)cn2)c1=O. The Labute approximate surface area is 193 Å². The lowest BCUT2D eigenvalue weighted by Crippen LogP contribution is -2.44. The minimum Gasteiger partial charge on any atom is -0.338 e. The van der Waals surface area contributed by atoms with Crippen LogP contribution in [0.2, 0.25) is 0 Å². The van der Waals surface area contributed by atoms with Crippen molar-refractivity contribution < 1.29 is 4.79 Å². The predicted molar refractivity (Wildman–Crippen MR) is 127 cm³/mol. The summed E-state index contributed by atoms with van der Waals surface area (Å²) in [5, 5.41) is 12.0. The van der Waals surface area contributed by atoms with E-state index < -0.39 is 0 Å². The van der Waals surface area contributed by atoms with E-state index in [2.05, 4.69) is 36.9 Å². The number of aromatic nitrogens is 3. The highest BCUT2D eigenvalue weighted by Gasteiger charge is 2.30. The van der Waals surface area contributed by atoms with Crippen molar-refractivity contribution in [1.82, 2.24) is 19.7 Å². The number of amides is 1. The standard InChI is InChI=1S/C26H29N5O2/c1-16(2)21-9-10-30(15-18(21)4)25(32)20-6-8-24(28-13-20)31-26(33)23(14-29-31)22-7-5-19(12-27)11-17(22)3/h5-8,11,13-14,16,18,21,29H,9-10,15H2,1-4H3/t18-,21?/m1/s1. The first-order valence-corrected chi connectivity index (χ1v) is 11.4. The molecule has 33 heavy (non-hydrogen) atoms. The maximum Gasteiger partial charge on any atom is 0.280 e. The molecule has 7 heteroatoms. The second-order valence-corrected chi connectivity index (χ2v) is 9.30. The summed E-state index contributed by atoms with van der Waals surface area (Å²) in [6.07, 6.45) is 4.19. The summed E-state index contributed by atoms with van der Waals surface area (Å²) >= 11 is 0. The number of nitriles is 1. The first-order valence-electron chi connectivity index (χ1n) is 11.4. The number of carbonyl (C=O) groups is 1. The van der Waals surface area contributed by atoms with Crippen molar-refractivity contribution in [3.8, 4) is 23.0 Å². The number of piperidine rings is 1. The minimum absolute atomic E-state index is 0.0177. The highest BCUT2D eigenvalue weighted by Crippen LogP contribution is 2.30. The van der Waals surface area contributed by atoms with E-state index >= 15 is 0 Å². The lowest BCUT2D eigenvalue weighted by molar-refractivity contribution is 0.0560. The molecule has 1 saturated heterocycles. The molecule has 7 nitrogen and oxygen atoms in total. The van der Waals surface area contributed by atoms with Crippen LogP contribution in [0.15, 0.2) is 47.5 Å². The van der Waals surface area contributed by atoms with Gasteiger partial charge < -0.3 is 4.90 Å². The molecule has 4 rings (SSSR count). The quantitative estimate of drug-likeness (QED) is 0.655. The van der Waals surface area contributed by atoms with Gasteiger partial charge in [0, 0.05) is 25.5 Å². The van der Waals surface area contributed by atoms with Gasteiger partial charge in [0.1, 0.15) is 0 Å². The fourth-order valence-corrected chi connectivity index (χ4v) is 4.93. The molecule has 1 aliphatic heterocycles. The van der Waals surface area contributed by atoms with Crippen molar-refractivity contribution in [2.24, 2.45) is 17.8 Å². The maximum absolute atomic E-state index is 13.0. The fourth-order valence-electron chi connectivity index (χ4n) is 4.93. The number of aromatic amines is 1. The van der Waals surface area contributed by atoms with Crippen molar-refractivity contribution >= 4 is 5.91 Å². The van der Waals surface area contributed by atoms with E-state index in [1.807, 2.05) is 11.8 Å². The molecule has 2 aromatic heterocycles. The molecular formula is C26H29N5O2. The van der Waals surface area contributed by atoms with E-state index in [-0.39, 0.29) is 11.5 Å². The number of likely N-dealkylation sites (tertiary alicyclic amines) is 1. The third-order valence-corrected chi connectivity index (χ3v) is 6.76. The minimum atomic E-state index is -0.237. The van der Waals surface area contributed by atoms with Crippen LogP contribution < -0.4 is 5.56 Å². The fraction of sp³-hybridized carbons (Fsp3) is 0.385. The van der Waals surface area contributed by atoms with Gasteiger partial charge in [0.05, 0.1) is 22.8 Å². The summed E-state index contributed by atoms with van der Waals surface area (Å²) in [5.41, 5.74) is 2.95. The molecule has 0 saturated carbocycles. The molecule has 1 amide bonds. The van der Waals surface area contributed by atoms with Crippen LogP contribution in [0.4, 0.5) is 0 Å². The predicted octanol–water partition coefficient (Wildman–Crippen LogP) is 4.16. The molecule has 1 unspecified atom stereocenters. The van der Waals surface area contributed by atoms with E-state index in [0.717, 1.165) is 30.6 Å². The summed E-state index contributed by atoms with van der Waals surface area (Å²) in [5.74, 6) is 2.13. The summed E-state index contributed by atoms with van der Waals surface area (Å²) in [4.78, 5) is 32.3. The van der Waals surface area contributed by atoms with Gasteiger partial charge in [-0.25, -0.2) is 9.67 Å². The number of aryl methyl sites for hydroxylation is 1. The molecule has 0 spiro atoms. The zero-order chi connectivity index (χ0) is 23.7. The zero-order valence-electron chi connectivity index (χ0n) is 19.5. The average Bonchev–Trinajstić information content (AvgIpc) is 3.19.